The van der Waals surface area contributed by atoms with Gasteiger partial charge in [0.1, 0.15) is 0 Å². The van der Waals surface area contributed by atoms with E-state index in [9.17, 15) is 4.79 Å². The van der Waals surface area contributed by atoms with Crippen molar-refractivity contribution in [3.63, 3.8) is 0 Å². The standard InChI is InChI=1S/C12H10ClNOS/c13-10-5-3-9(4-6-10)8-14-12(15)11-2-1-7-16-11/h1-7H,8H2,(H,14,15). The van der Waals surface area contributed by atoms with Gasteiger partial charge in [0, 0.05) is 11.6 Å². The number of carbonyl (C=O) groups is 1. The summed E-state index contributed by atoms with van der Waals surface area (Å²) in [5.41, 5.74) is 1.04. The van der Waals surface area contributed by atoms with Crippen LogP contribution in [0.2, 0.25) is 5.02 Å². The van der Waals surface area contributed by atoms with E-state index in [1.54, 1.807) is 0 Å². The molecular weight excluding hydrogens is 242 g/mol. The van der Waals surface area contributed by atoms with E-state index in [4.69, 9.17) is 11.6 Å². The molecule has 2 nitrogen and oxygen atoms in total. The molecule has 0 aliphatic rings. The maximum absolute atomic E-state index is 11.6. The lowest BCUT2D eigenvalue weighted by molar-refractivity contribution is 0.0955. The van der Waals surface area contributed by atoms with Crippen LogP contribution < -0.4 is 5.32 Å². The first kappa shape index (κ1) is 11.2. The van der Waals surface area contributed by atoms with Crippen LogP contribution in [0.25, 0.3) is 0 Å². The minimum Gasteiger partial charge on any atom is -0.347 e. The summed E-state index contributed by atoms with van der Waals surface area (Å²) < 4.78 is 0. The second-order valence-electron chi connectivity index (χ2n) is 3.29. The molecule has 0 unspecified atom stereocenters. The highest BCUT2D eigenvalue weighted by atomic mass is 35.5. The number of hydrogen-bond donors (Lipinski definition) is 1. The number of thiophene rings is 1. The smallest absolute Gasteiger partial charge is 0.261 e. The van der Waals surface area contributed by atoms with Crippen molar-refractivity contribution in [2.24, 2.45) is 0 Å². The van der Waals surface area contributed by atoms with E-state index >= 15 is 0 Å². The van der Waals surface area contributed by atoms with Gasteiger partial charge in [-0.3, -0.25) is 4.79 Å². The molecule has 0 saturated carbocycles. The molecule has 0 atom stereocenters. The van der Waals surface area contributed by atoms with Crippen LogP contribution >= 0.6 is 22.9 Å². The predicted molar refractivity (Wildman–Crippen MR) is 66.9 cm³/mol. The second kappa shape index (κ2) is 5.14. The normalized spacial score (nSPS) is 10.1. The van der Waals surface area contributed by atoms with Gasteiger partial charge in [0.05, 0.1) is 4.88 Å². The molecule has 0 radical (unpaired) electrons. The summed E-state index contributed by atoms with van der Waals surface area (Å²) in [5.74, 6) is -0.0371. The summed E-state index contributed by atoms with van der Waals surface area (Å²) in [5, 5.41) is 5.44. The highest BCUT2D eigenvalue weighted by Gasteiger charge is 2.05. The first-order chi connectivity index (χ1) is 7.75. The van der Waals surface area contributed by atoms with Crippen molar-refractivity contribution in [2.45, 2.75) is 6.54 Å². The number of amides is 1. The molecule has 1 aromatic carbocycles. The van der Waals surface area contributed by atoms with E-state index in [-0.39, 0.29) is 5.91 Å². The number of rotatable bonds is 3. The molecule has 82 valence electrons. The van der Waals surface area contributed by atoms with Gasteiger partial charge in [-0.15, -0.1) is 11.3 Å². The quantitative estimate of drug-likeness (QED) is 0.891. The first-order valence-electron chi connectivity index (χ1n) is 4.82. The van der Waals surface area contributed by atoms with E-state index < -0.39 is 0 Å². The molecule has 0 spiro atoms. The summed E-state index contributed by atoms with van der Waals surface area (Å²) in [4.78, 5) is 12.3. The van der Waals surface area contributed by atoms with Gasteiger partial charge in [-0.1, -0.05) is 29.8 Å². The molecule has 1 heterocycles. The molecule has 0 aliphatic carbocycles. The van der Waals surface area contributed by atoms with Gasteiger partial charge in [0.2, 0.25) is 0 Å². The Morgan fingerprint density at radius 3 is 2.62 bits per heavy atom. The van der Waals surface area contributed by atoms with Crippen LogP contribution in [0.4, 0.5) is 0 Å². The summed E-state index contributed by atoms with van der Waals surface area (Å²) >= 11 is 7.21. The maximum Gasteiger partial charge on any atom is 0.261 e. The number of halogens is 1. The van der Waals surface area contributed by atoms with E-state index in [0.717, 1.165) is 10.4 Å². The molecule has 0 bridgehead atoms. The largest absolute Gasteiger partial charge is 0.347 e. The third kappa shape index (κ3) is 2.84. The molecule has 2 rings (SSSR count). The van der Waals surface area contributed by atoms with E-state index in [2.05, 4.69) is 5.32 Å². The highest BCUT2D eigenvalue weighted by Crippen LogP contribution is 2.10. The highest BCUT2D eigenvalue weighted by molar-refractivity contribution is 7.12. The van der Waals surface area contributed by atoms with Gasteiger partial charge >= 0.3 is 0 Å². The van der Waals surface area contributed by atoms with E-state index in [0.29, 0.717) is 11.6 Å². The van der Waals surface area contributed by atoms with Crippen LogP contribution in [0.1, 0.15) is 15.2 Å². The van der Waals surface area contributed by atoms with Crippen molar-refractivity contribution in [2.75, 3.05) is 0 Å². The summed E-state index contributed by atoms with van der Waals surface area (Å²) in [6.45, 7) is 0.522. The van der Waals surface area contributed by atoms with Gasteiger partial charge in [-0.2, -0.15) is 0 Å². The molecule has 0 saturated heterocycles. The molecular formula is C12H10ClNOS. The average molecular weight is 252 g/mol. The lowest BCUT2D eigenvalue weighted by atomic mass is 10.2. The lowest BCUT2D eigenvalue weighted by Gasteiger charge is -2.03. The molecule has 4 heteroatoms. The topological polar surface area (TPSA) is 29.1 Å². The fourth-order valence-corrected chi connectivity index (χ4v) is 2.05. The molecule has 0 fully saturated rings. The Hall–Kier alpha value is -1.32. The summed E-state index contributed by atoms with van der Waals surface area (Å²) in [6, 6.07) is 11.1. The Bertz CT molecular complexity index is 464. The van der Waals surface area contributed by atoms with Crippen LogP contribution in [-0.4, -0.2) is 5.91 Å². The van der Waals surface area contributed by atoms with E-state index in [1.807, 2.05) is 41.8 Å². The van der Waals surface area contributed by atoms with Crippen molar-refractivity contribution >= 4 is 28.8 Å². The van der Waals surface area contributed by atoms with Crippen LogP contribution in [0, 0.1) is 0 Å². The predicted octanol–water partition coefficient (Wildman–Crippen LogP) is 3.33. The first-order valence-corrected chi connectivity index (χ1v) is 6.07. The molecule has 1 aromatic heterocycles. The fraction of sp³-hybridized carbons (Fsp3) is 0.0833. The zero-order chi connectivity index (χ0) is 11.4. The Morgan fingerprint density at radius 1 is 1.25 bits per heavy atom. The molecule has 16 heavy (non-hydrogen) atoms. The Kier molecular flexibility index (Phi) is 3.59. The van der Waals surface area contributed by atoms with Gasteiger partial charge in [-0.25, -0.2) is 0 Å². The van der Waals surface area contributed by atoms with Gasteiger partial charge in [0.15, 0.2) is 0 Å². The minimum atomic E-state index is -0.0371. The van der Waals surface area contributed by atoms with Crippen LogP contribution in [-0.2, 0) is 6.54 Å². The summed E-state index contributed by atoms with van der Waals surface area (Å²) in [7, 11) is 0. The Morgan fingerprint density at radius 2 is 2.00 bits per heavy atom. The third-order valence-electron chi connectivity index (χ3n) is 2.11. The van der Waals surface area contributed by atoms with Crippen LogP contribution in [0.5, 0.6) is 0 Å². The lowest BCUT2D eigenvalue weighted by Crippen LogP contribution is -2.21. The fourth-order valence-electron chi connectivity index (χ4n) is 1.28. The van der Waals surface area contributed by atoms with Crippen molar-refractivity contribution < 1.29 is 4.79 Å². The summed E-state index contributed by atoms with van der Waals surface area (Å²) in [6.07, 6.45) is 0. The maximum atomic E-state index is 11.6. The number of hydrogen-bond acceptors (Lipinski definition) is 2. The van der Waals surface area contributed by atoms with Crippen molar-refractivity contribution in [3.05, 3.63) is 57.2 Å². The second-order valence-corrected chi connectivity index (χ2v) is 4.67. The molecule has 0 aliphatic heterocycles. The van der Waals surface area contributed by atoms with Gasteiger partial charge in [0.25, 0.3) is 5.91 Å². The van der Waals surface area contributed by atoms with Crippen molar-refractivity contribution in [1.82, 2.24) is 5.32 Å². The SMILES string of the molecule is O=C(NCc1ccc(Cl)cc1)c1cccs1. The van der Waals surface area contributed by atoms with E-state index in [1.165, 1.54) is 11.3 Å². The van der Waals surface area contributed by atoms with Crippen LogP contribution in [0.3, 0.4) is 0 Å². The average Bonchev–Trinajstić information content (AvgIpc) is 2.81. The monoisotopic (exact) mass is 251 g/mol. The minimum absolute atomic E-state index is 0.0371. The molecule has 1 amide bonds. The Labute approximate surface area is 103 Å². The zero-order valence-corrected chi connectivity index (χ0v) is 10.0. The number of carbonyl (C=O) groups excluding carboxylic acids is 1. The van der Waals surface area contributed by atoms with Crippen molar-refractivity contribution in [1.29, 1.82) is 0 Å². The van der Waals surface area contributed by atoms with Crippen LogP contribution in [0.15, 0.2) is 41.8 Å². The van der Waals surface area contributed by atoms with Gasteiger partial charge in [-0.05, 0) is 29.1 Å². The van der Waals surface area contributed by atoms with Crippen molar-refractivity contribution in [3.8, 4) is 0 Å². The zero-order valence-electron chi connectivity index (χ0n) is 8.44. The molecule has 2 aromatic rings. The third-order valence-corrected chi connectivity index (χ3v) is 3.23. The molecule has 1 N–H and O–H groups in total. The number of benzene rings is 1. The van der Waals surface area contributed by atoms with Gasteiger partial charge < -0.3 is 5.32 Å². The Balaban J connectivity index is 1.93. The number of nitrogens with one attached hydrogen (secondary N) is 1.